The van der Waals surface area contributed by atoms with Gasteiger partial charge >= 0.3 is 0 Å². The fraction of sp³-hybridized carbons (Fsp3) is 0.263. The van der Waals surface area contributed by atoms with Gasteiger partial charge in [0.1, 0.15) is 5.82 Å². The number of rotatable bonds is 5. The van der Waals surface area contributed by atoms with Crippen LogP contribution in [0.1, 0.15) is 12.0 Å². The number of benzene rings is 2. The minimum Gasteiger partial charge on any atom is -0.342 e. The van der Waals surface area contributed by atoms with Crippen molar-refractivity contribution >= 4 is 29.1 Å². The second-order valence-corrected chi connectivity index (χ2v) is 6.55. The van der Waals surface area contributed by atoms with E-state index in [4.69, 9.17) is 11.6 Å². The second kappa shape index (κ2) is 7.66. The van der Waals surface area contributed by atoms with Gasteiger partial charge in [-0.2, -0.15) is 0 Å². The maximum Gasteiger partial charge on any atom is 0.229 e. The highest BCUT2D eigenvalue weighted by molar-refractivity contribution is 6.30. The van der Waals surface area contributed by atoms with Crippen LogP contribution >= 0.6 is 11.6 Å². The summed E-state index contributed by atoms with van der Waals surface area (Å²) in [4.78, 5) is 26.2. The molecule has 1 fully saturated rings. The van der Waals surface area contributed by atoms with Crippen LogP contribution in [-0.4, -0.2) is 29.8 Å². The van der Waals surface area contributed by atoms with Crippen LogP contribution in [0.3, 0.4) is 0 Å². The summed E-state index contributed by atoms with van der Waals surface area (Å²) >= 11 is 5.91. The molecule has 1 unspecified atom stereocenters. The molecular formula is C19H18ClFN2O2. The van der Waals surface area contributed by atoms with Gasteiger partial charge in [0.15, 0.2) is 0 Å². The van der Waals surface area contributed by atoms with E-state index in [1.165, 1.54) is 12.1 Å². The first-order valence-electron chi connectivity index (χ1n) is 8.10. The third kappa shape index (κ3) is 4.57. The SMILES string of the molecule is O=C(Nc1cccc(Cl)c1)C1CC(=O)N(CCc2ccc(F)cc2)C1. The zero-order chi connectivity index (χ0) is 17.8. The van der Waals surface area contributed by atoms with E-state index in [0.717, 1.165) is 5.56 Å². The van der Waals surface area contributed by atoms with Crippen molar-refractivity contribution in [1.29, 1.82) is 0 Å². The predicted molar refractivity (Wildman–Crippen MR) is 94.9 cm³/mol. The molecule has 0 bridgehead atoms. The highest BCUT2D eigenvalue weighted by Gasteiger charge is 2.34. The molecule has 0 radical (unpaired) electrons. The molecule has 6 heteroatoms. The zero-order valence-electron chi connectivity index (χ0n) is 13.5. The number of hydrogen-bond donors (Lipinski definition) is 1. The lowest BCUT2D eigenvalue weighted by Gasteiger charge is -2.16. The number of hydrogen-bond acceptors (Lipinski definition) is 2. The molecule has 2 amide bonds. The van der Waals surface area contributed by atoms with Crippen molar-refractivity contribution < 1.29 is 14.0 Å². The first kappa shape index (κ1) is 17.4. The fourth-order valence-corrected chi connectivity index (χ4v) is 3.08. The molecule has 0 aliphatic carbocycles. The summed E-state index contributed by atoms with van der Waals surface area (Å²) in [6.07, 6.45) is 0.838. The molecule has 4 nitrogen and oxygen atoms in total. The maximum atomic E-state index is 12.9. The van der Waals surface area contributed by atoms with E-state index in [1.54, 1.807) is 41.3 Å². The summed E-state index contributed by atoms with van der Waals surface area (Å²) in [5.74, 6) is -0.869. The lowest BCUT2D eigenvalue weighted by atomic mass is 10.1. The molecule has 1 atom stereocenters. The molecule has 1 heterocycles. The Bertz CT molecular complexity index is 779. The van der Waals surface area contributed by atoms with Crippen molar-refractivity contribution in [1.82, 2.24) is 4.90 Å². The number of carbonyl (C=O) groups excluding carboxylic acids is 2. The molecule has 2 aromatic carbocycles. The molecule has 0 saturated carbocycles. The minimum atomic E-state index is -0.375. The van der Waals surface area contributed by atoms with Crippen LogP contribution in [0.2, 0.25) is 5.02 Å². The van der Waals surface area contributed by atoms with E-state index in [-0.39, 0.29) is 30.0 Å². The third-order valence-corrected chi connectivity index (χ3v) is 4.50. The van der Waals surface area contributed by atoms with Crippen molar-refractivity contribution in [3.05, 3.63) is 64.9 Å². The van der Waals surface area contributed by atoms with Gasteiger partial charge in [0, 0.05) is 30.2 Å². The molecule has 0 spiro atoms. The molecule has 3 rings (SSSR count). The van der Waals surface area contributed by atoms with Crippen molar-refractivity contribution in [3.8, 4) is 0 Å². The van der Waals surface area contributed by atoms with Crippen molar-refractivity contribution in [2.75, 3.05) is 18.4 Å². The molecule has 25 heavy (non-hydrogen) atoms. The molecule has 1 aliphatic heterocycles. The summed E-state index contributed by atoms with van der Waals surface area (Å²) in [5, 5.41) is 3.34. The highest BCUT2D eigenvalue weighted by Crippen LogP contribution is 2.21. The van der Waals surface area contributed by atoms with Gasteiger partial charge in [0.05, 0.1) is 5.92 Å². The Morgan fingerprint density at radius 1 is 1.24 bits per heavy atom. The van der Waals surface area contributed by atoms with Gasteiger partial charge in [0.2, 0.25) is 11.8 Å². The molecule has 1 N–H and O–H groups in total. The van der Waals surface area contributed by atoms with E-state index in [9.17, 15) is 14.0 Å². The smallest absolute Gasteiger partial charge is 0.229 e. The minimum absolute atomic E-state index is 0.0339. The van der Waals surface area contributed by atoms with Crippen LogP contribution in [0.5, 0.6) is 0 Å². The molecule has 0 aromatic heterocycles. The van der Waals surface area contributed by atoms with Gasteiger partial charge in [-0.25, -0.2) is 4.39 Å². The van der Waals surface area contributed by atoms with E-state index in [0.29, 0.717) is 30.2 Å². The van der Waals surface area contributed by atoms with E-state index < -0.39 is 0 Å². The molecule has 1 aliphatic rings. The quantitative estimate of drug-likeness (QED) is 0.887. The van der Waals surface area contributed by atoms with Crippen LogP contribution < -0.4 is 5.32 Å². The van der Waals surface area contributed by atoms with Crippen LogP contribution in [0.25, 0.3) is 0 Å². The Labute approximate surface area is 150 Å². The number of nitrogens with zero attached hydrogens (tertiary/aromatic N) is 1. The fourth-order valence-electron chi connectivity index (χ4n) is 2.89. The number of nitrogens with one attached hydrogen (secondary N) is 1. The summed E-state index contributed by atoms with van der Waals surface area (Å²) in [6.45, 7) is 0.915. The average molecular weight is 361 g/mol. The van der Waals surface area contributed by atoms with Crippen molar-refractivity contribution in [2.24, 2.45) is 5.92 Å². The van der Waals surface area contributed by atoms with Gasteiger partial charge in [-0.3, -0.25) is 9.59 Å². The van der Waals surface area contributed by atoms with Crippen LogP contribution in [0, 0.1) is 11.7 Å². The number of anilines is 1. The number of likely N-dealkylation sites (tertiary alicyclic amines) is 1. The monoisotopic (exact) mass is 360 g/mol. The van der Waals surface area contributed by atoms with Gasteiger partial charge in [-0.1, -0.05) is 29.8 Å². The zero-order valence-corrected chi connectivity index (χ0v) is 14.3. The van der Waals surface area contributed by atoms with Crippen molar-refractivity contribution in [2.45, 2.75) is 12.8 Å². The van der Waals surface area contributed by atoms with Crippen molar-refractivity contribution in [3.63, 3.8) is 0 Å². The number of amides is 2. The predicted octanol–water partition coefficient (Wildman–Crippen LogP) is 3.51. The standard InChI is InChI=1S/C19H18ClFN2O2/c20-15-2-1-3-17(11-15)22-19(25)14-10-18(24)23(12-14)9-8-13-4-6-16(21)7-5-13/h1-7,11,14H,8-10,12H2,(H,22,25). The second-order valence-electron chi connectivity index (χ2n) is 6.12. The Balaban J connectivity index is 1.54. The molecular weight excluding hydrogens is 343 g/mol. The van der Waals surface area contributed by atoms with E-state index in [2.05, 4.69) is 5.32 Å². The number of halogens is 2. The normalized spacial score (nSPS) is 17.0. The van der Waals surface area contributed by atoms with Gasteiger partial charge in [-0.15, -0.1) is 0 Å². The largest absolute Gasteiger partial charge is 0.342 e. The molecule has 1 saturated heterocycles. The maximum absolute atomic E-state index is 12.9. The summed E-state index contributed by atoms with van der Waals surface area (Å²) < 4.78 is 12.9. The number of carbonyl (C=O) groups is 2. The lowest BCUT2D eigenvalue weighted by Crippen LogP contribution is -2.30. The third-order valence-electron chi connectivity index (χ3n) is 4.26. The molecule has 130 valence electrons. The Morgan fingerprint density at radius 2 is 2.00 bits per heavy atom. The molecule has 2 aromatic rings. The van der Waals surface area contributed by atoms with Gasteiger partial charge in [-0.05, 0) is 42.3 Å². The van der Waals surface area contributed by atoms with E-state index in [1.807, 2.05) is 0 Å². The average Bonchev–Trinajstić information content (AvgIpc) is 2.95. The first-order chi connectivity index (χ1) is 12.0. The van der Waals surface area contributed by atoms with Gasteiger partial charge in [0.25, 0.3) is 0 Å². The van der Waals surface area contributed by atoms with E-state index >= 15 is 0 Å². The first-order valence-corrected chi connectivity index (χ1v) is 8.48. The van der Waals surface area contributed by atoms with Crippen LogP contribution in [-0.2, 0) is 16.0 Å². The Morgan fingerprint density at radius 3 is 2.72 bits per heavy atom. The Kier molecular flexibility index (Phi) is 5.34. The topological polar surface area (TPSA) is 49.4 Å². The summed E-state index contributed by atoms with van der Waals surface area (Å²) in [6, 6.07) is 13.1. The summed E-state index contributed by atoms with van der Waals surface area (Å²) in [5.41, 5.74) is 1.58. The van der Waals surface area contributed by atoms with Crippen LogP contribution in [0.4, 0.5) is 10.1 Å². The van der Waals surface area contributed by atoms with Crippen LogP contribution in [0.15, 0.2) is 48.5 Å². The highest BCUT2D eigenvalue weighted by atomic mass is 35.5. The Hall–Kier alpha value is -2.40. The van der Waals surface area contributed by atoms with Gasteiger partial charge < -0.3 is 10.2 Å². The summed E-state index contributed by atoms with van der Waals surface area (Å²) in [7, 11) is 0. The lowest BCUT2D eigenvalue weighted by molar-refractivity contribution is -0.128.